The number of benzene rings is 2. The summed E-state index contributed by atoms with van der Waals surface area (Å²) >= 11 is 3.40. The SMILES string of the molecule is CC(NS(=O)(=O)c1ccc2c(c1)C(=O)N(C)C2=O)c1ccccc1Br. The number of nitrogens with one attached hydrogen (secondary N) is 1. The second-order valence-electron chi connectivity index (χ2n) is 5.74. The molecular formula is C17H15BrN2O4S. The number of amides is 2. The van der Waals surface area contributed by atoms with Crippen LogP contribution in [0.1, 0.15) is 39.2 Å². The Balaban J connectivity index is 1.93. The van der Waals surface area contributed by atoms with Gasteiger partial charge in [-0.15, -0.1) is 0 Å². The Labute approximate surface area is 154 Å². The van der Waals surface area contributed by atoms with Gasteiger partial charge < -0.3 is 0 Å². The lowest BCUT2D eigenvalue weighted by Crippen LogP contribution is -2.27. The Morgan fingerprint density at radius 3 is 2.36 bits per heavy atom. The number of nitrogens with zero attached hydrogens (tertiary/aromatic N) is 1. The zero-order chi connectivity index (χ0) is 18.4. The standard InChI is InChI=1S/C17H15BrN2O4S/c1-10(12-5-3-4-6-15(12)18)19-25(23,24)11-7-8-13-14(9-11)17(22)20(2)16(13)21/h3-10,19H,1-2H3. The number of carbonyl (C=O) groups excluding carboxylic acids is 2. The number of imide groups is 1. The first-order valence-electron chi connectivity index (χ1n) is 7.45. The van der Waals surface area contributed by atoms with Crippen LogP contribution in [0, 0.1) is 0 Å². The Bertz CT molecular complexity index is 988. The van der Waals surface area contributed by atoms with Gasteiger partial charge in [-0.2, -0.15) is 0 Å². The zero-order valence-corrected chi connectivity index (χ0v) is 15.9. The normalized spacial score (nSPS) is 15.4. The molecule has 1 atom stereocenters. The fourth-order valence-corrected chi connectivity index (χ4v) is 4.57. The molecular weight excluding hydrogens is 408 g/mol. The third-order valence-corrected chi connectivity index (χ3v) is 6.34. The van der Waals surface area contributed by atoms with E-state index in [9.17, 15) is 18.0 Å². The summed E-state index contributed by atoms with van der Waals surface area (Å²) in [7, 11) is -2.49. The topological polar surface area (TPSA) is 83.6 Å². The molecule has 2 amide bonds. The fraction of sp³-hybridized carbons (Fsp3) is 0.176. The summed E-state index contributed by atoms with van der Waals surface area (Å²) in [6.07, 6.45) is 0. The first-order chi connectivity index (χ1) is 11.7. The number of halogens is 1. The van der Waals surface area contributed by atoms with Gasteiger partial charge in [0.25, 0.3) is 11.8 Å². The molecule has 0 radical (unpaired) electrons. The lowest BCUT2D eigenvalue weighted by Gasteiger charge is -2.16. The van der Waals surface area contributed by atoms with E-state index in [-0.39, 0.29) is 16.0 Å². The third-order valence-electron chi connectivity index (χ3n) is 4.08. The van der Waals surface area contributed by atoms with Gasteiger partial charge in [-0.05, 0) is 36.8 Å². The Kier molecular flexibility index (Phi) is 4.52. The van der Waals surface area contributed by atoms with Gasteiger partial charge in [0.1, 0.15) is 0 Å². The monoisotopic (exact) mass is 422 g/mol. The smallest absolute Gasteiger partial charge is 0.261 e. The Morgan fingerprint density at radius 1 is 1.04 bits per heavy atom. The lowest BCUT2D eigenvalue weighted by atomic mass is 10.1. The average molecular weight is 423 g/mol. The van der Waals surface area contributed by atoms with Crippen LogP contribution in [0.3, 0.4) is 0 Å². The number of carbonyl (C=O) groups is 2. The van der Waals surface area contributed by atoms with Crippen molar-refractivity contribution >= 4 is 37.8 Å². The van der Waals surface area contributed by atoms with E-state index in [0.29, 0.717) is 0 Å². The quantitative estimate of drug-likeness (QED) is 0.767. The van der Waals surface area contributed by atoms with Gasteiger partial charge in [0.2, 0.25) is 10.0 Å². The van der Waals surface area contributed by atoms with E-state index in [1.807, 2.05) is 24.3 Å². The minimum atomic E-state index is -3.86. The van der Waals surface area contributed by atoms with Gasteiger partial charge in [0, 0.05) is 17.6 Å². The zero-order valence-electron chi connectivity index (χ0n) is 13.5. The van der Waals surface area contributed by atoms with Crippen molar-refractivity contribution in [3.8, 4) is 0 Å². The molecule has 0 fully saturated rings. The molecule has 3 rings (SSSR count). The number of fused-ring (bicyclic) bond motifs is 1. The van der Waals surface area contributed by atoms with Gasteiger partial charge >= 0.3 is 0 Å². The van der Waals surface area contributed by atoms with Crippen LogP contribution < -0.4 is 4.72 Å². The van der Waals surface area contributed by atoms with Crippen LogP contribution in [0.15, 0.2) is 51.8 Å². The molecule has 0 aromatic heterocycles. The van der Waals surface area contributed by atoms with Crippen LogP contribution in [-0.4, -0.2) is 32.2 Å². The summed E-state index contributed by atoms with van der Waals surface area (Å²) in [6.45, 7) is 1.73. The summed E-state index contributed by atoms with van der Waals surface area (Å²) < 4.78 is 28.7. The minimum Gasteiger partial charge on any atom is -0.277 e. The first-order valence-corrected chi connectivity index (χ1v) is 9.73. The number of rotatable bonds is 4. The molecule has 2 aromatic rings. The Morgan fingerprint density at radius 2 is 1.68 bits per heavy atom. The molecule has 130 valence electrons. The van der Waals surface area contributed by atoms with E-state index in [0.717, 1.165) is 14.9 Å². The summed E-state index contributed by atoms with van der Waals surface area (Å²) in [4.78, 5) is 24.9. The molecule has 0 spiro atoms. The molecule has 0 aliphatic carbocycles. The summed E-state index contributed by atoms with van der Waals surface area (Å²) in [5.74, 6) is -0.936. The highest BCUT2D eigenvalue weighted by atomic mass is 79.9. The molecule has 25 heavy (non-hydrogen) atoms. The van der Waals surface area contributed by atoms with Crippen LogP contribution >= 0.6 is 15.9 Å². The van der Waals surface area contributed by atoms with Crippen molar-refractivity contribution < 1.29 is 18.0 Å². The van der Waals surface area contributed by atoms with E-state index in [1.165, 1.54) is 25.2 Å². The van der Waals surface area contributed by atoms with E-state index < -0.39 is 27.9 Å². The highest BCUT2D eigenvalue weighted by Gasteiger charge is 2.34. The largest absolute Gasteiger partial charge is 0.277 e. The van der Waals surface area contributed by atoms with E-state index in [2.05, 4.69) is 20.7 Å². The molecule has 8 heteroatoms. The Hall–Kier alpha value is -2.03. The second-order valence-corrected chi connectivity index (χ2v) is 8.31. The predicted octanol–water partition coefficient (Wildman–Crippen LogP) is 2.71. The second kappa shape index (κ2) is 6.36. The average Bonchev–Trinajstić information content (AvgIpc) is 2.79. The van der Waals surface area contributed by atoms with Crippen LogP contribution in [0.25, 0.3) is 0 Å². The number of hydrogen-bond acceptors (Lipinski definition) is 4. The summed E-state index contributed by atoms with van der Waals surface area (Å²) in [6, 6.07) is 10.8. The van der Waals surface area contributed by atoms with Gasteiger partial charge in [-0.3, -0.25) is 14.5 Å². The minimum absolute atomic E-state index is 0.0541. The predicted molar refractivity (Wildman–Crippen MR) is 95.7 cm³/mol. The van der Waals surface area contributed by atoms with Crippen molar-refractivity contribution in [1.29, 1.82) is 0 Å². The van der Waals surface area contributed by atoms with Crippen LogP contribution in [0.5, 0.6) is 0 Å². The maximum absolute atomic E-state index is 12.7. The maximum atomic E-state index is 12.7. The van der Waals surface area contributed by atoms with Crippen molar-refractivity contribution in [3.05, 3.63) is 63.6 Å². The number of sulfonamides is 1. The number of hydrogen-bond donors (Lipinski definition) is 1. The van der Waals surface area contributed by atoms with Gasteiger partial charge in [-0.25, -0.2) is 13.1 Å². The highest BCUT2D eigenvalue weighted by molar-refractivity contribution is 9.10. The molecule has 1 aliphatic heterocycles. The van der Waals surface area contributed by atoms with Crippen LogP contribution in [0.4, 0.5) is 0 Å². The molecule has 1 N–H and O–H groups in total. The molecule has 2 aromatic carbocycles. The molecule has 1 heterocycles. The molecule has 0 saturated carbocycles. The summed E-state index contributed by atoms with van der Waals surface area (Å²) in [5, 5.41) is 0. The highest BCUT2D eigenvalue weighted by Crippen LogP contribution is 2.27. The van der Waals surface area contributed by atoms with Gasteiger partial charge in [0.05, 0.1) is 16.0 Å². The van der Waals surface area contributed by atoms with Crippen LogP contribution in [-0.2, 0) is 10.0 Å². The van der Waals surface area contributed by atoms with Crippen LogP contribution in [0.2, 0.25) is 0 Å². The molecule has 1 aliphatic rings. The molecule has 0 bridgehead atoms. The lowest BCUT2D eigenvalue weighted by molar-refractivity contribution is 0.0693. The third kappa shape index (κ3) is 3.12. The van der Waals surface area contributed by atoms with Crippen molar-refractivity contribution in [2.24, 2.45) is 0 Å². The van der Waals surface area contributed by atoms with Crippen molar-refractivity contribution in [2.75, 3.05) is 7.05 Å². The fourth-order valence-electron chi connectivity index (χ4n) is 2.70. The van der Waals surface area contributed by atoms with Crippen molar-refractivity contribution in [1.82, 2.24) is 9.62 Å². The van der Waals surface area contributed by atoms with E-state index >= 15 is 0 Å². The maximum Gasteiger partial charge on any atom is 0.261 e. The molecule has 6 nitrogen and oxygen atoms in total. The van der Waals surface area contributed by atoms with E-state index in [4.69, 9.17) is 0 Å². The molecule has 0 saturated heterocycles. The van der Waals surface area contributed by atoms with Gasteiger partial charge in [-0.1, -0.05) is 34.1 Å². The summed E-state index contributed by atoms with van der Waals surface area (Å²) in [5.41, 5.74) is 1.10. The van der Waals surface area contributed by atoms with E-state index in [1.54, 1.807) is 6.92 Å². The van der Waals surface area contributed by atoms with Gasteiger partial charge in [0.15, 0.2) is 0 Å². The molecule has 1 unspecified atom stereocenters. The van der Waals surface area contributed by atoms with Crippen molar-refractivity contribution in [2.45, 2.75) is 17.9 Å². The first kappa shape index (κ1) is 17.8. The van der Waals surface area contributed by atoms with Crippen molar-refractivity contribution in [3.63, 3.8) is 0 Å².